The van der Waals surface area contributed by atoms with E-state index in [1.54, 1.807) is 19.2 Å². The smallest absolute Gasteiger partial charge is 0.179 e. The van der Waals surface area contributed by atoms with Crippen molar-refractivity contribution in [3.8, 4) is 6.07 Å². The second-order valence-corrected chi connectivity index (χ2v) is 6.28. The van der Waals surface area contributed by atoms with Crippen LogP contribution in [0, 0.1) is 11.3 Å². The number of hydrogen-bond acceptors (Lipinski definition) is 4. The van der Waals surface area contributed by atoms with Crippen LogP contribution in [0.5, 0.6) is 0 Å². The van der Waals surface area contributed by atoms with Gasteiger partial charge in [0.2, 0.25) is 0 Å². The van der Waals surface area contributed by atoms with Crippen molar-refractivity contribution in [2.24, 2.45) is 0 Å². The standard InChI is InChI=1S/C11H12N2O2S/c1-2-16(14,15)10-5-9(6-13-7-10)11(8-12)3-4-11/h5-7H,2-4H2,1H3. The molecule has 16 heavy (non-hydrogen) atoms. The lowest BCUT2D eigenvalue weighted by Crippen LogP contribution is -2.08. The molecule has 0 atom stereocenters. The first kappa shape index (κ1) is 11.1. The summed E-state index contributed by atoms with van der Waals surface area (Å²) in [5, 5.41) is 9.03. The van der Waals surface area contributed by atoms with E-state index in [0.29, 0.717) is 0 Å². The van der Waals surface area contributed by atoms with Crippen LogP contribution < -0.4 is 0 Å². The van der Waals surface area contributed by atoms with Gasteiger partial charge in [0.25, 0.3) is 0 Å². The number of pyridine rings is 1. The highest BCUT2D eigenvalue weighted by atomic mass is 32.2. The van der Waals surface area contributed by atoms with Crippen molar-refractivity contribution in [1.29, 1.82) is 5.26 Å². The van der Waals surface area contributed by atoms with Crippen molar-refractivity contribution in [3.05, 3.63) is 24.0 Å². The van der Waals surface area contributed by atoms with Crippen LogP contribution in [0.3, 0.4) is 0 Å². The zero-order valence-electron chi connectivity index (χ0n) is 8.97. The molecule has 1 aliphatic carbocycles. The number of hydrogen-bond donors (Lipinski definition) is 0. The Labute approximate surface area is 94.9 Å². The monoisotopic (exact) mass is 236 g/mol. The summed E-state index contributed by atoms with van der Waals surface area (Å²) in [5.74, 6) is 0.0533. The molecule has 0 unspecified atom stereocenters. The number of nitriles is 1. The van der Waals surface area contributed by atoms with Crippen LogP contribution in [0.15, 0.2) is 23.4 Å². The fraction of sp³-hybridized carbons (Fsp3) is 0.455. The van der Waals surface area contributed by atoms with Crippen molar-refractivity contribution in [1.82, 2.24) is 4.98 Å². The third-order valence-electron chi connectivity index (χ3n) is 2.97. The molecule has 0 amide bonds. The molecule has 2 rings (SSSR count). The van der Waals surface area contributed by atoms with Gasteiger partial charge in [0.15, 0.2) is 9.84 Å². The van der Waals surface area contributed by atoms with Gasteiger partial charge in [-0.15, -0.1) is 0 Å². The Morgan fingerprint density at radius 2 is 2.19 bits per heavy atom. The Hall–Kier alpha value is -1.41. The zero-order valence-corrected chi connectivity index (χ0v) is 9.79. The molecule has 0 saturated heterocycles. The van der Waals surface area contributed by atoms with Gasteiger partial charge in [-0.2, -0.15) is 5.26 Å². The van der Waals surface area contributed by atoms with E-state index in [0.717, 1.165) is 18.4 Å². The molecule has 4 nitrogen and oxygen atoms in total. The number of rotatable bonds is 3. The van der Waals surface area contributed by atoms with Gasteiger partial charge >= 0.3 is 0 Å². The van der Waals surface area contributed by atoms with Gasteiger partial charge < -0.3 is 0 Å². The molecule has 0 radical (unpaired) electrons. The highest BCUT2D eigenvalue weighted by Crippen LogP contribution is 2.47. The van der Waals surface area contributed by atoms with Gasteiger partial charge in [-0.3, -0.25) is 4.98 Å². The first-order valence-corrected chi connectivity index (χ1v) is 6.79. The predicted octanol–water partition coefficient (Wildman–Crippen LogP) is 1.43. The molecule has 0 aliphatic heterocycles. The van der Waals surface area contributed by atoms with Crippen LogP contribution in [-0.2, 0) is 15.3 Å². The van der Waals surface area contributed by atoms with Gasteiger partial charge in [0.05, 0.1) is 22.1 Å². The first-order valence-electron chi connectivity index (χ1n) is 5.14. The molecule has 0 spiro atoms. The van der Waals surface area contributed by atoms with Crippen molar-refractivity contribution in [2.75, 3.05) is 5.75 Å². The molecular formula is C11H12N2O2S. The van der Waals surface area contributed by atoms with E-state index < -0.39 is 15.3 Å². The average Bonchev–Trinajstić information content (AvgIpc) is 3.10. The quantitative estimate of drug-likeness (QED) is 0.796. The lowest BCUT2D eigenvalue weighted by Gasteiger charge is -2.07. The van der Waals surface area contributed by atoms with Crippen molar-refractivity contribution in [2.45, 2.75) is 30.1 Å². The van der Waals surface area contributed by atoms with Gasteiger partial charge in [0.1, 0.15) is 0 Å². The molecule has 1 aromatic rings. The summed E-state index contributed by atoms with van der Waals surface area (Å²) in [6.45, 7) is 1.60. The van der Waals surface area contributed by atoms with Gasteiger partial charge in [-0.05, 0) is 24.5 Å². The molecule has 84 valence electrons. The van der Waals surface area contributed by atoms with E-state index in [9.17, 15) is 8.42 Å². The maximum absolute atomic E-state index is 11.7. The summed E-state index contributed by atoms with van der Waals surface area (Å²) in [6.07, 6.45) is 4.52. The minimum Gasteiger partial charge on any atom is -0.263 e. The molecule has 0 aromatic carbocycles. The Kier molecular flexibility index (Phi) is 2.47. The largest absolute Gasteiger partial charge is 0.263 e. The Bertz CT molecular complexity index is 554. The van der Waals surface area contributed by atoms with Crippen LogP contribution in [-0.4, -0.2) is 19.2 Å². The lowest BCUT2D eigenvalue weighted by atomic mass is 10.0. The first-order chi connectivity index (χ1) is 7.54. The molecule has 1 saturated carbocycles. The molecule has 5 heteroatoms. The molecule has 1 aliphatic rings. The summed E-state index contributed by atoms with van der Waals surface area (Å²) >= 11 is 0. The van der Waals surface area contributed by atoms with E-state index in [1.807, 2.05) is 0 Å². The van der Waals surface area contributed by atoms with Crippen molar-refractivity contribution in [3.63, 3.8) is 0 Å². The molecule has 1 heterocycles. The van der Waals surface area contributed by atoms with E-state index >= 15 is 0 Å². The number of sulfone groups is 1. The highest BCUT2D eigenvalue weighted by molar-refractivity contribution is 7.91. The van der Waals surface area contributed by atoms with Crippen molar-refractivity contribution < 1.29 is 8.42 Å². The van der Waals surface area contributed by atoms with Crippen LogP contribution in [0.4, 0.5) is 0 Å². The highest BCUT2D eigenvalue weighted by Gasteiger charge is 2.45. The second-order valence-electron chi connectivity index (χ2n) is 4.01. The molecular weight excluding hydrogens is 224 g/mol. The molecule has 1 fully saturated rings. The second kappa shape index (κ2) is 3.56. The van der Waals surface area contributed by atoms with Crippen LogP contribution >= 0.6 is 0 Å². The minimum absolute atomic E-state index is 0.0533. The number of nitrogens with zero attached hydrogens (tertiary/aromatic N) is 2. The summed E-state index contributed by atoms with van der Waals surface area (Å²) in [6, 6.07) is 3.82. The Balaban J connectivity index is 2.47. The maximum atomic E-state index is 11.7. The van der Waals surface area contributed by atoms with Gasteiger partial charge in [-0.1, -0.05) is 6.92 Å². The van der Waals surface area contributed by atoms with E-state index in [1.165, 1.54) is 6.20 Å². The summed E-state index contributed by atoms with van der Waals surface area (Å²) in [5.41, 5.74) is 0.247. The topological polar surface area (TPSA) is 70.8 Å². The van der Waals surface area contributed by atoms with Gasteiger partial charge in [-0.25, -0.2) is 8.42 Å². The molecule has 0 bridgehead atoms. The summed E-state index contributed by atoms with van der Waals surface area (Å²) in [4.78, 5) is 4.14. The van der Waals surface area contributed by atoms with Crippen LogP contribution in [0.2, 0.25) is 0 Å². The maximum Gasteiger partial charge on any atom is 0.179 e. The van der Waals surface area contributed by atoms with E-state index in [4.69, 9.17) is 5.26 Å². The minimum atomic E-state index is -3.23. The molecule has 1 aromatic heterocycles. The van der Waals surface area contributed by atoms with Gasteiger partial charge in [0, 0.05) is 12.4 Å². The van der Waals surface area contributed by atoms with Crippen LogP contribution in [0.25, 0.3) is 0 Å². The third kappa shape index (κ3) is 1.69. The fourth-order valence-corrected chi connectivity index (χ4v) is 2.47. The fourth-order valence-electron chi connectivity index (χ4n) is 1.61. The lowest BCUT2D eigenvalue weighted by molar-refractivity contribution is 0.596. The number of aromatic nitrogens is 1. The van der Waals surface area contributed by atoms with Crippen LogP contribution in [0.1, 0.15) is 25.3 Å². The average molecular weight is 236 g/mol. The molecule has 0 N–H and O–H groups in total. The Morgan fingerprint density at radius 3 is 2.69 bits per heavy atom. The summed E-state index contributed by atoms with van der Waals surface area (Å²) < 4.78 is 23.3. The zero-order chi connectivity index (χ0) is 11.8. The SMILES string of the molecule is CCS(=O)(=O)c1cncc(C2(C#N)CC2)c1. The van der Waals surface area contributed by atoms with Crippen molar-refractivity contribution >= 4 is 9.84 Å². The van der Waals surface area contributed by atoms with E-state index in [2.05, 4.69) is 11.1 Å². The van der Waals surface area contributed by atoms with E-state index in [-0.39, 0.29) is 10.6 Å². The normalized spacial score (nSPS) is 17.8. The summed E-state index contributed by atoms with van der Waals surface area (Å²) in [7, 11) is -3.23. The Morgan fingerprint density at radius 1 is 1.50 bits per heavy atom. The third-order valence-corrected chi connectivity index (χ3v) is 4.67. The predicted molar refractivity (Wildman–Crippen MR) is 58.5 cm³/mol.